The smallest absolute Gasteiger partial charge is 0.314 e. The van der Waals surface area contributed by atoms with Crippen LogP contribution in [-0.2, 0) is 19.2 Å². The van der Waals surface area contributed by atoms with Crippen molar-refractivity contribution in [2.24, 2.45) is 0 Å². The fourth-order valence-electron chi connectivity index (χ4n) is 9.24. The zero-order chi connectivity index (χ0) is 44.1. The summed E-state index contributed by atoms with van der Waals surface area (Å²) in [7, 11) is 0.579. The van der Waals surface area contributed by atoms with E-state index >= 15 is 0 Å². The minimum absolute atomic E-state index is 0.0968. The predicted octanol–water partition coefficient (Wildman–Crippen LogP) is 11.4. The Bertz CT molecular complexity index is 2420. The third kappa shape index (κ3) is 8.53. The number of hydrogen-bond donors (Lipinski definition) is 1. The molecule has 1 N–H and O–H groups in total. The molecule has 9 nitrogen and oxygen atoms in total. The minimum Gasteiger partial charge on any atom is -0.497 e. The van der Waals surface area contributed by atoms with Crippen LogP contribution in [0.25, 0.3) is 28.0 Å². The average Bonchev–Trinajstić information content (AvgIpc) is 3.46. The molecule has 1 amide bonds. The molecule has 0 fully saturated rings. The van der Waals surface area contributed by atoms with Crippen molar-refractivity contribution in [3.8, 4) is 39.9 Å². The summed E-state index contributed by atoms with van der Waals surface area (Å²) in [5.41, 5.74) is 6.33. The Morgan fingerprint density at radius 2 is 1.23 bits per heavy atom. The number of methoxy groups -OCH3 is 4. The SMILES string of the molecule is COc1ccc(C2(c3ccc(OC)cc3)C=Cc3c4c(c5cc(OC)c(OC)cc5c3O2)-c2ccc(C(=O)NCCC[Si](C)(O[Si](C)(C)C)O[Si](C)(C)C)cc2C4(C)C)cc1. The first-order chi connectivity index (χ1) is 28.8. The van der Waals surface area contributed by atoms with Crippen molar-refractivity contribution in [2.45, 2.75) is 83.2 Å². The molecule has 0 unspecified atom stereocenters. The van der Waals surface area contributed by atoms with E-state index in [1.165, 1.54) is 0 Å². The lowest BCUT2D eigenvalue weighted by atomic mass is 9.76. The molecule has 0 atom stereocenters. The third-order valence-electron chi connectivity index (χ3n) is 11.6. The Hall–Kier alpha value is -4.86. The second kappa shape index (κ2) is 16.4. The maximum atomic E-state index is 13.9. The number of ether oxygens (including phenoxy) is 5. The Morgan fingerprint density at radius 3 is 1.74 bits per heavy atom. The molecule has 0 bridgehead atoms. The van der Waals surface area contributed by atoms with E-state index in [2.05, 4.69) is 95.3 Å². The van der Waals surface area contributed by atoms with Gasteiger partial charge < -0.3 is 37.2 Å². The number of carbonyl (C=O) groups is 1. The van der Waals surface area contributed by atoms with E-state index in [1.807, 2.05) is 60.7 Å². The second-order valence-electron chi connectivity index (χ2n) is 18.7. The number of rotatable bonds is 15. The van der Waals surface area contributed by atoms with Crippen LogP contribution in [0.5, 0.6) is 28.7 Å². The molecule has 1 aliphatic carbocycles. The van der Waals surface area contributed by atoms with Crippen molar-refractivity contribution in [3.63, 3.8) is 0 Å². The Balaban J connectivity index is 1.30. The van der Waals surface area contributed by atoms with Gasteiger partial charge in [-0.05, 0) is 141 Å². The van der Waals surface area contributed by atoms with Crippen LogP contribution in [0.4, 0.5) is 0 Å². The highest BCUT2D eigenvalue weighted by Gasteiger charge is 2.45. The fraction of sp³-hybridized carbons (Fsp3) is 0.367. The molecule has 1 aliphatic heterocycles. The van der Waals surface area contributed by atoms with E-state index < -0.39 is 36.2 Å². The molecule has 5 aromatic rings. The van der Waals surface area contributed by atoms with Crippen LogP contribution in [0.2, 0.25) is 51.9 Å². The first-order valence-corrected chi connectivity index (χ1v) is 30.4. The summed E-state index contributed by atoms with van der Waals surface area (Å²) in [5, 5.41) is 5.07. The van der Waals surface area contributed by atoms with E-state index in [0.29, 0.717) is 23.6 Å². The number of amides is 1. The number of fused-ring (bicyclic) bond motifs is 8. The fourth-order valence-corrected chi connectivity index (χ4v) is 21.8. The quantitative estimate of drug-likeness (QED) is 0.0821. The highest BCUT2D eigenvalue weighted by Crippen LogP contribution is 2.59. The lowest BCUT2D eigenvalue weighted by Gasteiger charge is -2.38. The van der Waals surface area contributed by atoms with Crippen LogP contribution in [-0.4, -0.2) is 66.1 Å². The van der Waals surface area contributed by atoms with Gasteiger partial charge in [0, 0.05) is 39.6 Å². The molecule has 12 heteroatoms. The van der Waals surface area contributed by atoms with Gasteiger partial charge in [0.15, 0.2) is 33.7 Å². The topological polar surface area (TPSA) is 93.7 Å². The standard InChI is InChI=1S/C49H61NO8Si3/c1-48(2)41-29-32(47(51)50-27-14-28-61(13,57-59(7,8)9)58-60(10,11)12)15-24-37(41)44-39-30-42(54-5)43(55-6)31-40(39)46-38(45(44)48)25-26-49(56-46,33-16-20-35(52-3)21-17-33)34-18-22-36(53-4)23-19-34/h15-26,29-31H,14,27-28H2,1-13H3,(H,50,51). The summed E-state index contributed by atoms with van der Waals surface area (Å²) < 4.78 is 43.8. The summed E-state index contributed by atoms with van der Waals surface area (Å²) in [6, 6.07) is 27.0. The number of carbonyl (C=O) groups excluding carboxylic acids is 1. The van der Waals surface area contributed by atoms with Gasteiger partial charge in [-0.25, -0.2) is 0 Å². The first kappa shape index (κ1) is 44.2. The normalized spacial score (nSPS) is 15.0. The van der Waals surface area contributed by atoms with Crippen molar-refractivity contribution in [1.29, 1.82) is 0 Å². The van der Waals surface area contributed by atoms with Crippen molar-refractivity contribution in [3.05, 3.63) is 118 Å². The summed E-state index contributed by atoms with van der Waals surface area (Å²) in [4.78, 5) is 13.9. The predicted molar refractivity (Wildman–Crippen MR) is 253 cm³/mol. The van der Waals surface area contributed by atoms with Crippen molar-refractivity contribution in [1.82, 2.24) is 5.32 Å². The summed E-state index contributed by atoms with van der Waals surface area (Å²) in [6.07, 6.45) is 5.15. The zero-order valence-corrected chi connectivity index (χ0v) is 41.0. The first-order valence-electron chi connectivity index (χ1n) is 21.0. The van der Waals surface area contributed by atoms with E-state index in [0.717, 1.165) is 79.4 Å². The van der Waals surface area contributed by atoms with E-state index in [-0.39, 0.29) is 5.91 Å². The minimum atomic E-state index is -2.42. The third-order valence-corrected chi connectivity index (χ3v) is 21.2. The molecular formula is C49H61NO8Si3. The monoisotopic (exact) mass is 875 g/mol. The summed E-state index contributed by atoms with van der Waals surface area (Å²) >= 11 is 0. The van der Waals surface area contributed by atoms with Gasteiger partial charge >= 0.3 is 8.56 Å². The van der Waals surface area contributed by atoms with Crippen molar-refractivity contribution >= 4 is 48.0 Å². The maximum absolute atomic E-state index is 13.9. The van der Waals surface area contributed by atoms with Gasteiger partial charge in [0.05, 0.1) is 28.4 Å². The molecule has 1 heterocycles. The zero-order valence-electron chi connectivity index (χ0n) is 38.0. The van der Waals surface area contributed by atoms with Crippen LogP contribution in [0.3, 0.4) is 0 Å². The molecule has 0 saturated heterocycles. The van der Waals surface area contributed by atoms with Crippen LogP contribution in [0.15, 0.2) is 84.9 Å². The molecule has 0 spiro atoms. The molecule has 0 radical (unpaired) electrons. The molecule has 0 aromatic heterocycles. The second-order valence-corrected chi connectivity index (χ2v) is 31.5. The van der Waals surface area contributed by atoms with Crippen molar-refractivity contribution in [2.75, 3.05) is 35.0 Å². The molecule has 322 valence electrons. The van der Waals surface area contributed by atoms with Gasteiger partial charge in [0.2, 0.25) is 0 Å². The van der Waals surface area contributed by atoms with Crippen molar-refractivity contribution < 1.29 is 36.7 Å². The highest BCUT2D eigenvalue weighted by molar-refractivity contribution is 6.87. The van der Waals surface area contributed by atoms with Crippen LogP contribution in [0, 0.1) is 0 Å². The molecule has 7 rings (SSSR count). The number of nitrogens with one attached hydrogen (secondary N) is 1. The Kier molecular flexibility index (Phi) is 11.9. The molecule has 61 heavy (non-hydrogen) atoms. The largest absolute Gasteiger partial charge is 0.497 e. The molecular weight excluding hydrogens is 815 g/mol. The average molecular weight is 876 g/mol. The number of hydrogen-bond acceptors (Lipinski definition) is 8. The van der Waals surface area contributed by atoms with Gasteiger partial charge in [-0.15, -0.1) is 0 Å². The van der Waals surface area contributed by atoms with Gasteiger partial charge in [-0.2, -0.15) is 0 Å². The Morgan fingerprint density at radius 1 is 0.689 bits per heavy atom. The lowest BCUT2D eigenvalue weighted by Crippen LogP contribution is -2.52. The van der Waals surface area contributed by atoms with Crippen LogP contribution in [0.1, 0.15) is 58.4 Å². The Labute approximate surface area is 364 Å². The lowest BCUT2D eigenvalue weighted by molar-refractivity contribution is 0.0953. The van der Waals surface area contributed by atoms with Gasteiger partial charge in [0.25, 0.3) is 5.91 Å². The number of benzene rings is 5. The molecule has 5 aromatic carbocycles. The molecule has 2 aliphatic rings. The highest BCUT2D eigenvalue weighted by atomic mass is 28.5. The van der Waals surface area contributed by atoms with Gasteiger partial charge in [-0.3, -0.25) is 4.79 Å². The molecule has 0 saturated carbocycles. The maximum Gasteiger partial charge on any atom is 0.314 e. The summed E-state index contributed by atoms with van der Waals surface area (Å²) in [6.45, 7) is 20.5. The van der Waals surface area contributed by atoms with E-state index in [4.69, 9.17) is 31.9 Å². The summed E-state index contributed by atoms with van der Waals surface area (Å²) in [5.74, 6) is 3.36. The van der Waals surface area contributed by atoms with Crippen LogP contribution < -0.4 is 29.0 Å². The van der Waals surface area contributed by atoms with E-state index in [9.17, 15) is 4.79 Å². The van der Waals surface area contributed by atoms with Gasteiger partial charge in [0.1, 0.15) is 17.2 Å². The van der Waals surface area contributed by atoms with Crippen LogP contribution >= 0.6 is 0 Å². The van der Waals surface area contributed by atoms with Gasteiger partial charge in [-0.1, -0.05) is 50.3 Å². The van der Waals surface area contributed by atoms with E-state index in [1.54, 1.807) is 28.4 Å².